The van der Waals surface area contributed by atoms with Gasteiger partial charge in [-0.3, -0.25) is 14.3 Å². The maximum Gasteiger partial charge on any atom is 0.271 e. The van der Waals surface area contributed by atoms with Gasteiger partial charge in [0.05, 0.1) is 10.6 Å². The molecule has 6 nitrogen and oxygen atoms in total. The summed E-state index contributed by atoms with van der Waals surface area (Å²) >= 11 is 1.56. The van der Waals surface area contributed by atoms with Crippen molar-refractivity contribution in [2.45, 2.75) is 52.0 Å². The summed E-state index contributed by atoms with van der Waals surface area (Å²) in [5.74, 6) is -0.846. The molecule has 3 N–H and O–H groups in total. The SMILES string of the molecule is CCn1cc(NC(=O)c2cc3c(s2)CCCCCC3)c(C(N)=O)n1. The fourth-order valence-corrected chi connectivity index (χ4v) is 4.15. The second-order valence-corrected chi connectivity index (χ2v) is 7.18. The number of carbonyl (C=O) groups is 2. The Balaban J connectivity index is 1.81. The van der Waals surface area contributed by atoms with Crippen LogP contribution in [0.5, 0.6) is 0 Å². The van der Waals surface area contributed by atoms with Crippen LogP contribution in [0.3, 0.4) is 0 Å². The molecule has 2 aromatic heterocycles. The number of amides is 2. The van der Waals surface area contributed by atoms with E-state index in [9.17, 15) is 9.59 Å². The Morgan fingerprint density at radius 1 is 1.29 bits per heavy atom. The summed E-state index contributed by atoms with van der Waals surface area (Å²) in [5.41, 5.74) is 7.11. The van der Waals surface area contributed by atoms with Crippen molar-refractivity contribution in [1.29, 1.82) is 0 Å². The fraction of sp³-hybridized carbons (Fsp3) is 0.471. The van der Waals surface area contributed by atoms with Crippen molar-refractivity contribution in [3.63, 3.8) is 0 Å². The summed E-state index contributed by atoms with van der Waals surface area (Å²) < 4.78 is 1.59. The highest BCUT2D eigenvalue weighted by Crippen LogP contribution is 2.29. The highest BCUT2D eigenvalue weighted by Gasteiger charge is 2.20. The summed E-state index contributed by atoms with van der Waals surface area (Å²) in [6, 6.07) is 1.99. The third kappa shape index (κ3) is 3.51. The third-order valence-electron chi connectivity index (χ3n) is 4.29. The Kier molecular flexibility index (Phi) is 4.99. The molecule has 0 atom stereocenters. The number of hydrogen-bond acceptors (Lipinski definition) is 4. The van der Waals surface area contributed by atoms with E-state index >= 15 is 0 Å². The number of anilines is 1. The Morgan fingerprint density at radius 3 is 2.75 bits per heavy atom. The Bertz CT molecular complexity index is 737. The van der Waals surface area contributed by atoms with Crippen molar-refractivity contribution >= 4 is 28.8 Å². The minimum atomic E-state index is -0.643. The van der Waals surface area contributed by atoms with Gasteiger partial charge in [-0.1, -0.05) is 12.8 Å². The molecule has 24 heavy (non-hydrogen) atoms. The molecule has 0 spiro atoms. The van der Waals surface area contributed by atoms with E-state index in [2.05, 4.69) is 10.4 Å². The third-order valence-corrected chi connectivity index (χ3v) is 5.52. The molecule has 0 aromatic carbocycles. The smallest absolute Gasteiger partial charge is 0.271 e. The Labute approximate surface area is 145 Å². The first-order valence-corrected chi connectivity index (χ1v) is 9.20. The van der Waals surface area contributed by atoms with Crippen LogP contribution in [0.4, 0.5) is 5.69 Å². The van der Waals surface area contributed by atoms with Crippen LogP contribution in [-0.4, -0.2) is 21.6 Å². The van der Waals surface area contributed by atoms with Crippen LogP contribution >= 0.6 is 11.3 Å². The normalized spacial score (nSPS) is 14.5. The van der Waals surface area contributed by atoms with E-state index in [0.29, 0.717) is 17.1 Å². The van der Waals surface area contributed by atoms with Gasteiger partial charge in [0.1, 0.15) is 0 Å². The van der Waals surface area contributed by atoms with Crippen LogP contribution in [0, 0.1) is 0 Å². The van der Waals surface area contributed by atoms with Crippen molar-refractivity contribution in [3.05, 3.63) is 33.3 Å². The van der Waals surface area contributed by atoms with Crippen LogP contribution in [0.2, 0.25) is 0 Å². The number of aromatic nitrogens is 2. The molecule has 7 heteroatoms. The van der Waals surface area contributed by atoms with Crippen molar-refractivity contribution in [3.8, 4) is 0 Å². The number of thiophene rings is 1. The molecule has 2 aromatic rings. The quantitative estimate of drug-likeness (QED) is 0.892. The molecule has 128 valence electrons. The first kappa shape index (κ1) is 16.7. The summed E-state index contributed by atoms with van der Waals surface area (Å²) in [6.07, 6.45) is 8.62. The monoisotopic (exact) mass is 346 g/mol. The van der Waals surface area contributed by atoms with Crippen molar-refractivity contribution < 1.29 is 9.59 Å². The minimum absolute atomic E-state index is 0.0973. The number of carbonyl (C=O) groups excluding carboxylic acids is 2. The van der Waals surface area contributed by atoms with Gasteiger partial charge < -0.3 is 11.1 Å². The molecular formula is C17H22N4O2S. The zero-order valence-corrected chi connectivity index (χ0v) is 14.6. The lowest BCUT2D eigenvalue weighted by Gasteiger charge is -2.07. The first-order chi connectivity index (χ1) is 11.6. The number of primary amides is 1. The van der Waals surface area contributed by atoms with Gasteiger partial charge in [-0.2, -0.15) is 5.10 Å². The number of fused-ring (bicyclic) bond motifs is 1. The number of hydrogen-bond donors (Lipinski definition) is 2. The van der Waals surface area contributed by atoms with E-state index in [4.69, 9.17) is 5.73 Å². The van der Waals surface area contributed by atoms with E-state index in [1.54, 1.807) is 22.2 Å². The van der Waals surface area contributed by atoms with Gasteiger partial charge >= 0.3 is 0 Å². The summed E-state index contributed by atoms with van der Waals surface area (Å²) in [7, 11) is 0. The summed E-state index contributed by atoms with van der Waals surface area (Å²) in [5, 5.41) is 6.89. The van der Waals surface area contributed by atoms with E-state index < -0.39 is 5.91 Å². The summed E-state index contributed by atoms with van der Waals surface area (Å²) in [4.78, 5) is 26.1. The molecule has 2 amide bonds. The van der Waals surface area contributed by atoms with Gasteiger partial charge in [-0.15, -0.1) is 11.3 Å². The van der Waals surface area contributed by atoms with Crippen LogP contribution in [-0.2, 0) is 19.4 Å². The average molecular weight is 346 g/mol. The maximum absolute atomic E-state index is 12.6. The van der Waals surface area contributed by atoms with Crippen LogP contribution < -0.4 is 11.1 Å². The predicted molar refractivity (Wildman–Crippen MR) is 94.6 cm³/mol. The van der Waals surface area contributed by atoms with Gasteiger partial charge in [0.25, 0.3) is 11.8 Å². The molecular weight excluding hydrogens is 324 g/mol. The number of nitrogens with zero attached hydrogens (tertiary/aromatic N) is 2. The minimum Gasteiger partial charge on any atom is -0.364 e. The van der Waals surface area contributed by atoms with E-state index in [-0.39, 0.29) is 11.6 Å². The van der Waals surface area contributed by atoms with Crippen LogP contribution in [0.1, 0.15) is 63.2 Å². The number of nitrogens with one attached hydrogen (secondary N) is 1. The van der Waals surface area contributed by atoms with Gasteiger partial charge in [0, 0.05) is 17.6 Å². The molecule has 0 aliphatic heterocycles. The molecule has 0 fully saturated rings. The van der Waals surface area contributed by atoms with Crippen molar-refractivity contribution in [1.82, 2.24) is 9.78 Å². The number of aryl methyl sites for hydroxylation is 3. The molecule has 0 radical (unpaired) electrons. The average Bonchev–Trinajstić information content (AvgIpc) is 3.11. The fourth-order valence-electron chi connectivity index (χ4n) is 3.00. The lowest BCUT2D eigenvalue weighted by atomic mass is 10.00. The first-order valence-electron chi connectivity index (χ1n) is 8.38. The highest BCUT2D eigenvalue weighted by molar-refractivity contribution is 7.14. The van der Waals surface area contributed by atoms with Crippen molar-refractivity contribution in [2.24, 2.45) is 5.73 Å². The van der Waals surface area contributed by atoms with Crippen LogP contribution in [0.25, 0.3) is 0 Å². The van der Waals surface area contributed by atoms with E-state index in [1.807, 2.05) is 13.0 Å². The van der Waals surface area contributed by atoms with Gasteiger partial charge in [0.15, 0.2) is 5.69 Å². The number of nitrogens with two attached hydrogens (primary N) is 1. The highest BCUT2D eigenvalue weighted by atomic mass is 32.1. The molecule has 0 saturated carbocycles. The topological polar surface area (TPSA) is 90.0 Å². The van der Waals surface area contributed by atoms with E-state index in [1.165, 1.54) is 36.1 Å². The maximum atomic E-state index is 12.6. The molecule has 1 aliphatic rings. The Hall–Kier alpha value is -2.15. The van der Waals surface area contributed by atoms with Gasteiger partial charge in [0.2, 0.25) is 0 Å². The molecule has 1 aliphatic carbocycles. The molecule has 0 unspecified atom stereocenters. The second-order valence-electron chi connectivity index (χ2n) is 6.04. The number of rotatable bonds is 4. The predicted octanol–water partition coefficient (Wildman–Crippen LogP) is 2.97. The lowest BCUT2D eigenvalue weighted by Crippen LogP contribution is -2.17. The molecule has 0 saturated heterocycles. The second kappa shape index (κ2) is 7.17. The Morgan fingerprint density at radius 2 is 2.04 bits per heavy atom. The van der Waals surface area contributed by atoms with Gasteiger partial charge in [-0.25, -0.2) is 0 Å². The summed E-state index contributed by atoms with van der Waals surface area (Å²) in [6.45, 7) is 2.51. The van der Waals surface area contributed by atoms with Gasteiger partial charge in [-0.05, 0) is 44.2 Å². The largest absolute Gasteiger partial charge is 0.364 e. The molecule has 0 bridgehead atoms. The lowest BCUT2D eigenvalue weighted by molar-refractivity contribution is 0.0995. The zero-order chi connectivity index (χ0) is 17.1. The van der Waals surface area contributed by atoms with E-state index in [0.717, 1.165) is 12.8 Å². The molecule has 2 heterocycles. The van der Waals surface area contributed by atoms with Crippen LogP contribution in [0.15, 0.2) is 12.3 Å². The van der Waals surface area contributed by atoms with Crippen molar-refractivity contribution in [2.75, 3.05) is 5.32 Å². The zero-order valence-electron chi connectivity index (χ0n) is 13.8. The standard InChI is InChI=1S/C17H22N4O2S/c1-2-21-10-12(15(20-21)16(18)22)19-17(23)14-9-11-7-5-3-4-6-8-13(11)24-14/h9-10H,2-8H2,1H3,(H2,18,22)(H,19,23). The molecule has 3 rings (SSSR count).